The van der Waals surface area contributed by atoms with Crippen LogP contribution in [-0.4, -0.2) is 22.3 Å². The van der Waals surface area contributed by atoms with Crippen LogP contribution in [-0.2, 0) is 14.1 Å². The molecule has 1 aromatic carbocycles. The van der Waals surface area contributed by atoms with Crippen LogP contribution in [0.5, 0.6) is 5.75 Å². The summed E-state index contributed by atoms with van der Waals surface area (Å²) in [7, 11) is -2.64. The summed E-state index contributed by atoms with van der Waals surface area (Å²) in [6, 6.07) is 8.28. The van der Waals surface area contributed by atoms with Crippen molar-refractivity contribution in [1.82, 2.24) is 4.67 Å². The maximum Gasteiger partial charge on any atom is 0.710 e. The number of hydrogen-bond acceptors (Lipinski definition) is 5. The molecule has 1 heterocycles. The van der Waals surface area contributed by atoms with Crippen molar-refractivity contribution < 1.29 is 23.4 Å². The largest absolute Gasteiger partial charge is 0.710 e. The van der Waals surface area contributed by atoms with Gasteiger partial charge in [0.1, 0.15) is 0 Å². The van der Waals surface area contributed by atoms with E-state index in [1.807, 2.05) is 0 Å². The first-order chi connectivity index (χ1) is 8.42. The minimum absolute atomic E-state index is 0.309. The van der Waals surface area contributed by atoms with Crippen LogP contribution in [0.2, 0.25) is 0 Å². The van der Waals surface area contributed by atoms with Crippen LogP contribution in [0.25, 0.3) is 0 Å². The zero-order valence-corrected chi connectivity index (χ0v) is 10.7. The summed E-state index contributed by atoms with van der Waals surface area (Å²) < 4.78 is 22.2. The Labute approximate surface area is 104 Å². The van der Waals surface area contributed by atoms with E-state index in [1.165, 1.54) is 13.8 Å². The van der Waals surface area contributed by atoms with Gasteiger partial charge in [-0.3, -0.25) is 4.79 Å². The van der Waals surface area contributed by atoms with Gasteiger partial charge in [-0.25, -0.2) is 9.32 Å². The highest BCUT2D eigenvalue weighted by molar-refractivity contribution is 7.38. The molecule has 0 radical (unpaired) electrons. The number of para-hydroxylation sites is 1. The van der Waals surface area contributed by atoms with E-state index in [2.05, 4.69) is 0 Å². The fraction of sp³-hybridized carbons (Fsp3) is 0.273. The summed E-state index contributed by atoms with van der Waals surface area (Å²) in [5.41, 5.74) is -1.30. The summed E-state index contributed by atoms with van der Waals surface area (Å²) in [6.45, 7) is 2.86. The lowest BCUT2D eigenvalue weighted by atomic mass is 10.1. The third kappa shape index (κ3) is 2.19. The molecule has 1 atom stereocenters. The number of rotatable bonds is 3. The molecule has 0 N–H and O–H groups in total. The Hall–Kier alpha value is -1.94. The number of carbonyl (C=O) groups excluding carboxylic acids is 2. The topological polar surface area (TPSA) is 72.9 Å². The number of nitrogens with zero attached hydrogens (tertiary/aromatic N) is 1. The Bertz CT molecular complexity index is 513. The van der Waals surface area contributed by atoms with Crippen molar-refractivity contribution in [3.63, 3.8) is 0 Å². The zero-order valence-electron chi connectivity index (χ0n) is 9.82. The maximum atomic E-state index is 11.9. The van der Waals surface area contributed by atoms with Crippen LogP contribution in [0.15, 0.2) is 30.3 Å². The van der Waals surface area contributed by atoms with Gasteiger partial charge >= 0.3 is 20.2 Å². The highest BCUT2D eigenvalue weighted by Crippen LogP contribution is 2.38. The summed E-state index contributed by atoms with van der Waals surface area (Å²) >= 11 is 0. The maximum absolute atomic E-state index is 11.9. The molecule has 7 heteroatoms. The van der Waals surface area contributed by atoms with Crippen LogP contribution in [0.4, 0.5) is 4.79 Å². The van der Waals surface area contributed by atoms with E-state index in [4.69, 9.17) is 9.26 Å². The van der Waals surface area contributed by atoms with Crippen molar-refractivity contribution in [2.45, 2.75) is 19.4 Å². The van der Waals surface area contributed by atoms with Gasteiger partial charge in [-0.2, -0.15) is 0 Å². The van der Waals surface area contributed by atoms with Gasteiger partial charge < -0.3 is 4.74 Å². The van der Waals surface area contributed by atoms with Crippen LogP contribution < -0.4 is 4.52 Å². The number of carbonyl (C=O) groups is 2. The predicted molar refractivity (Wildman–Crippen MR) is 62.1 cm³/mol. The molecule has 0 bridgehead atoms. The second-order valence-corrected chi connectivity index (χ2v) is 5.20. The highest BCUT2D eigenvalue weighted by Gasteiger charge is 2.58. The van der Waals surface area contributed by atoms with Crippen molar-refractivity contribution >= 4 is 20.2 Å². The molecule has 0 spiro atoms. The Morgan fingerprint density at radius 3 is 2.33 bits per heavy atom. The van der Waals surface area contributed by atoms with Gasteiger partial charge in [-0.15, -0.1) is 0 Å². The average molecular weight is 268 g/mol. The first-order valence-corrected chi connectivity index (χ1v) is 6.32. The summed E-state index contributed by atoms with van der Waals surface area (Å²) in [4.78, 5) is 23.2. The Morgan fingerprint density at radius 2 is 1.83 bits per heavy atom. The number of cyclic esters (lactones) is 1. The Morgan fingerprint density at radius 1 is 1.22 bits per heavy atom. The fourth-order valence-corrected chi connectivity index (χ4v) is 2.34. The summed E-state index contributed by atoms with van der Waals surface area (Å²) in [6.07, 6.45) is -0.956. The molecule has 2 amide bonds. The van der Waals surface area contributed by atoms with Crippen molar-refractivity contribution in [2.24, 2.45) is 0 Å². The van der Waals surface area contributed by atoms with Gasteiger partial charge in [0.15, 0.2) is 11.4 Å². The van der Waals surface area contributed by atoms with Gasteiger partial charge in [0, 0.05) is 9.24 Å². The number of hydrogen-bond donors (Lipinski definition) is 0. The molecule has 1 aromatic rings. The van der Waals surface area contributed by atoms with Gasteiger partial charge in [0.05, 0.1) is 0 Å². The molecular formula is C11H11NO5P+. The first kappa shape index (κ1) is 12.5. The number of benzene rings is 1. The van der Waals surface area contributed by atoms with Gasteiger partial charge in [0.2, 0.25) is 0 Å². The average Bonchev–Trinajstić information content (AvgIpc) is 2.49. The minimum Gasteiger partial charge on any atom is -0.430 e. The molecule has 1 fully saturated rings. The van der Waals surface area contributed by atoms with E-state index < -0.39 is 25.8 Å². The van der Waals surface area contributed by atoms with Crippen molar-refractivity contribution in [3.05, 3.63) is 30.3 Å². The number of amides is 2. The van der Waals surface area contributed by atoms with Crippen molar-refractivity contribution in [1.29, 1.82) is 0 Å². The molecule has 1 aliphatic heterocycles. The smallest absolute Gasteiger partial charge is 0.430 e. The molecule has 6 nitrogen and oxygen atoms in total. The zero-order chi connectivity index (χ0) is 13.3. The van der Waals surface area contributed by atoms with Crippen LogP contribution in [0.1, 0.15) is 13.8 Å². The normalized spacial score (nSPS) is 18.6. The second-order valence-electron chi connectivity index (χ2n) is 4.14. The quantitative estimate of drug-likeness (QED) is 0.787. The second kappa shape index (κ2) is 4.38. The van der Waals surface area contributed by atoms with Crippen LogP contribution >= 0.6 is 8.18 Å². The predicted octanol–water partition coefficient (Wildman–Crippen LogP) is 2.48. The van der Waals surface area contributed by atoms with Crippen LogP contribution in [0.3, 0.4) is 0 Å². The lowest BCUT2D eigenvalue weighted by Crippen LogP contribution is -2.32. The summed E-state index contributed by atoms with van der Waals surface area (Å²) in [5, 5.41) is 0. The van der Waals surface area contributed by atoms with E-state index in [0.717, 1.165) is 0 Å². The standard InChI is InChI=1S/C11H11NO5P/c1-11(2)9(13)12(10(14)16-11)18(15)17-8-6-4-3-5-7-8/h3-7H,1-2H3/q+1. The van der Waals surface area contributed by atoms with Crippen LogP contribution in [0, 0.1) is 0 Å². The number of ether oxygens (including phenoxy) is 1. The molecule has 1 aliphatic rings. The van der Waals surface area contributed by atoms with E-state index in [-0.39, 0.29) is 0 Å². The summed E-state index contributed by atoms with van der Waals surface area (Å²) in [5.74, 6) is -0.367. The van der Waals surface area contributed by atoms with E-state index in [0.29, 0.717) is 10.4 Å². The monoisotopic (exact) mass is 268 g/mol. The molecule has 1 saturated heterocycles. The molecule has 94 valence electrons. The van der Waals surface area contributed by atoms with E-state index in [1.54, 1.807) is 30.3 Å². The Kier molecular flexibility index (Phi) is 3.05. The van der Waals surface area contributed by atoms with Crippen molar-refractivity contribution in [3.8, 4) is 5.75 Å². The van der Waals surface area contributed by atoms with E-state index in [9.17, 15) is 14.2 Å². The minimum atomic E-state index is -2.64. The SMILES string of the molecule is CC1(C)OC(=O)N([P+](=O)Oc2ccccc2)C1=O. The third-order valence-corrected chi connectivity index (χ3v) is 3.35. The molecular weight excluding hydrogens is 257 g/mol. The lowest BCUT2D eigenvalue weighted by Gasteiger charge is -2.09. The van der Waals surface area contributed by atoms with Crippen molar-refractivity contribution in [2.75, 3.05) is 0 Å². The molecule has 2 rings (SSSR count). The first-order valence-electron chi connectivity index (χ1n) is 5.19. The molecule has 0 saturated carbocycles. The Balaban J connectivity index is 2.16. The van der Waals surface area contributed by atoms with E-state index >= 15 is 0 Å². The van der Waals surface area contributed by atoms with Gasteiger partial charge in [0.25, 0.3) is 0 Å². The highest BCUT2D eigenvalue weighted by atomic mass is 31.1. The fourth-order valence-electron chi connectivity index (χ4n) is 1.40. The molecule has 0 aromatic heterocycles. The number of imide groups is 1. The van der Waals surface area contributed by atoms with Gasteiger partial charge in [-0.1, -0.05) is 18.2 Å². The molecule has 1 unspecified atom stereocenters. The lowest BCUT2D eigenvalue weighted by molar-refractivity contribution is -0.132. The third-order valence-electron chi connectivity index (χ3n) is 2.31. The van der Waals surface area contributed by atoms with Gasteiger partial charge in [-0.05, 0) is 26.0 Å². The molecule has 18 heavy (non-hydrogen) atoms. The molecule has 0 aliphatic carbocycles.